The third-order valence-electron chi connectivity index (χ3n) is 3.10. The van der Waals surface area contributed by atoms with Crippen molar-refractivity contribution in [3.63, 3.8) is 0 Å². The molecule has 1 aromatic carbocycles. The highest BCUT2D eigenvalue weighted by Gasteiger charge is 2.28. The molecule has 0 bridgehead atoms. The molecule has 8 heteroatoms. The number of nitrogens with zero attached hydrogens (tertiary/aromatic N) is 1. The number of nitro groups is 1. The van der Waals surface area contributed by atoms with Crippen molar-refractivity contribution in [2.75, 3.05) is 5.73 Å². The van der Waals surface area contributed by atoms with Gasteiger partial charge in [-0.25, -0.2) is 13.1 Å². The first-order valence-electron chi connectivity index (χ1n) is 6.84. The number of nitro benzene ring substituents is 1. The lowest BCUT2D eigenvalue weighted by molar-refractivity contribution is -0.386. The van der Waals surface area contributed by atoms with Gasteiger partial charge in [0.2, 0.25) is 10.0 Å². The number of nitrogen functional groups attached to an aromatic ring is 1. The zero-order valence-electron chi connectivity index (χ0n) is 12.2. The van der Waals surface area contributed by atoms with Gasteiger partial charge in [0.15, 0.2) is 4.90 Å². The summed E-state index contributed by atoms with van der Waals surface area (Å²) in [4.78, 5) is 9.85. The van der Waals surface area contributed by atoms with E-state index in [0.29, 0.717) is 6.42 Å². The normalized spacial score (nSPS) is 13.0. The van der Waals surface area contributed by atoms with Gasteiger partial charge in [-0.3, -0.25) is 10.1 Å². The Morgan fingerprint density at radius 2 is 2.05 bits per heavy atom. The van der Waals surface area contributed by atoms with Crippen LogP contribution in [0.15, 0.2) is 23.1 Å². The molecule has 1 rings (SSSR count). The maximum absolute atomic E-state index is 12.3. The SMILES string of the molecule is CCCCCC(C)NS(=O)(=O)c1cccc(N)c1[N+](=O)[O-]. The monoisotopic (exact) mass is 315 g/mol. The summed E-state index contributed by atoms with van der Waals surface area (Å²) in [6, 6.07) is 3.60. The quantitative estimate of drug-likeness (QED) is 0.331. The van der Waals surface area contributed by atoms with E-state index >= 15 is 0 Å². The van der Waals surface area contributed by atoms with Gasteiger partial charge in [0, 0.05) is 6.04 Å². The van der Waals surface area contributed by atoms with Gasteiger partial charge in [0.1, 0.15) is 5.69 Å². The molecule has 1 aromatic rings. The zero-order valence-corrected chi connectivity index (χ0v) is 13.0. The number of benzene rings is 1. The minimum atomic E-state index is -3.97. The predicted octanol–water partition coefficient (Wildman–Crippen LogP) is 2.42. The van der Waals surface area contributed by atoms with Crippen LogP contribution in [0.1, 0.15) is 39.5 Å². The molecule has 0 heterocycles. The third kappa shape index (κ3) is 4.68. The Morgan fingerprint density at radius 1 is 1.38 bits per heavy atom. The van der Waals surface area contributed by atoms with E-state index in [9.17, 15) is 18.5 Å². The minimum Gasteiger partial charge on any atom is -0.393 e. The number of hydrogen-bond donors (Lipinski definition) is 2. The molecule has 0 saturated heterocycles. The molecule has 0 spiro atoms. The Bertz CT molecular complexity index is 601. The van der Waals surface area contributed by atoms with Crippen LogP contribution in [-0.2, 0) is 10.0 Å². The molecule has 0 amide bonds. The number of rotatable bonds is 8. The first-order chi connectivity index (χ1) is 9.79. The number of hydrogen-bond acceptors (Lipinski definition) is 5. The Kier molecular flexibility index (Phi) is 6.10. The van der Waals surface area contributed by atoms with Crippen LogP contribution in [0.4, 0.5) is 11.4 Å². The molecule has 0 aliphatic heterocycles. The van der Waals surface area contributed by atoms with Crippen molar-refractivity contribution in [2.24, 2.45) is 0 Å². The lowest BCUT2D eigenvalue weighted by Crippen LogP contribution is -2.33. The van der Waals surface area contributed by atoms with Crippen molar-refractivity contribution in [1.29, 1.82) is 0 Å². The molecule has 3 N–H and O–H groups in total. The largest absolute Gasteiger partial charge is 0.393 e. The van der Waals surface area contributed by atoms with Crippen LogP contribution in [-0.4, -0.2) is 19.4 Å². The van der Waals surface area contributed by atoms with Crippen molar-refractivity contribution in [2.45, 2.75) is 50.5 Å². The highest BCUT2D eigenvalue weighted by Crippen LogP contribution is 2.29. The van der Waals surface area contributed by atoms with Gasteiger partial charge in [0.25, 0.3) is 0 Å². The molecule has 0 aliphatic carbocycles. The Hall–Kier alpha value is -1.67. The molecule has 1 unspecified atom stereocenters. The van der Waals surface area contributed by atoms with E-state index in [1.807, 2.05) is 0 Å². The molecule has 0 aromatic heterocycles. The van der Waals surface area contributed by atoms with E-state index in [2.05, 4.69) is 11.6 Å². The van der Waals surface area contributed by atoms with Crippen molar-refractivity contribution in [3.05, 3.63) is 28.3 Å². The van der Waals surface area contributed by atoms with Crippen LogP contribution in [0.5, 0.6) is 0 Å². The summed E-state index contributed by atoms with van der Waals surface area (Å²) in [7, 11) is -3.97. The average Bonchev–Trinajstić information content (AvgIpc) is 2.37. The number of sulfonamides is 1. The van der Waals surface area contributed by atoms with Gasteiger partial charge in [-0.2, -0.15) is 0 Å². The molecule has 21 heavy (non-hydrogen) atoms. The van der Waals surface area contributed by atoms with Crippen LogP contribution in [0.2, 0.25) is 0 Å². The Morgan fingerprint density at radius 3 is 2.62 bits per heavy atom. The summed E-state index contributed by atoms with van der Waals surface area (Å²) < 4.78 is 27.0. The predicted molar refractivity (Wildman–Crippen MR) is 81.4 cm³/mol. The second kappa shape index (κ2) is 7.37. The molecule has 0 saturated carbocycles. The number of para-hydroxylation sites is 1. The fourth-order valence-electron chi connectivity index (χ4n) is 2.04. The Balaban J connectivity index is 2.98. The summed E-state index contributed by atoms with van der Waals surface area (Å²) >= 11 is 0. The second-order valence-electron chi connectivity index (χ2n) is 4.97. The second-order valence-corrected chi connectivity index (χ2v) is 6.65. The molecule has 118 valence electrons. The van der Waals surface area contributed by atoms with Crippen molar-refractivity contribution in [3.8, 4) is 0 Å². The van der Waals surface area contributed by atoms with Crippen molar-refractivity contribution in [1.82, 2.24) is 4.72 Å². The maximum atomic E-state index is 12.3. The first kappa shape index (κ1) is 17.4. The van der Waals surface area contributed by atoms with E-state index < -0.39 is 25.5 Å². The van der Waals surface area contributed by atoms with E-state index in [0.717, 1.165) is 19.3 Å². The standard InChI is InChI=1S/C13H21N3O4S/c1-3-4-5-7-10(2)15-21(19,20)12-9-6-8-11(14)13(12)16(17)18/h6,8-10,15H,3-5,7,14H2,1-2H3. The molecule has 0 radical (unpaired) electrons. The summed E-state index contributed by atoms with van der Waals surface area (Å²) in [5.74, 6) is 0. The zero-order chi connectivity index (χ0) is 16.0. The highest BCUT2D eigenvalue weighted by molar-refractivity contribution is 7.89. The highest BCUT2D eigenvalue weighted by atomic mass is 32.2. The van der Waals surface area contributed by atoms with Gasteiger partial charge in [-0.15, -0.1) is 0 Å². The minimum absolute atomic E-state index is 0.165. The van der Waals surface area contributed by atoms with Crippen molar-refractivity contribution < 1.29 is 13.3 Å². The lowest BCUT2D eigenvalue weighted by atomic mass is 10.1. The average molecular weight is 315 g/mol. The number of nitrogens with one attached hydrogen (secondary N) is 1. The molecule has 1 atom stereocenters. The van der Waals surface area contributed by atoms with Crippen LogP contribution in [0.25, 0.3) is 0 Å². The molecule has 7 nitrogen and oxygen atoms in total. The number of unbranched alkanes of at least 4 members (excludes halogenated alkanes) is 2. The van der Waals surface area contributed by atoms with Crippen LogP contribution in [0, 0.1) is 10.1 Å². The molecular formula is C13H21N3O4S. The number of nitrogens with two attached hydrogens (primary N) is 1. The topological polar surface area (TPSA) is 115 Å². The molecule has 0 fully saturated rings. The van der Waals surface area contributed by atoms with E-state index in [-0.39, 0.29) is 11.7 Å². The summed E-state index contributed by atoms with van der Waals surface area (Å²) in [5, 5.41) is 11.0. The third-order valence-corrected chi connectivity index (χ3v) is 4.72. The summed E-state index contributed by atoms with van der Waals surface area (Å²) in [6.07, 6.45) is 3.65. The van der Waals surface area contributed by atoms with E-state index in [1.165, 1.54) is 18.2 Å². The lowest BCUT2D eigenvalue weighted by Gasteiger charge is -2.14. The van der Waals surface area contributed by atoms with Crippen molar-refractivity contribution >= 4 is 21.4 Å². The van der Waals surface area contributed by atoms with E-state index in [1.54, 1.807) is 6.92 Å². The van der Waals surface area contributed by atoms with Gasteiger partial charge in [0.05, 0.1) is 4.92 Å². The van der Waals surface area contributed by atoms with Crippen LogP contribution in [0.3, 0.4) is 0 Å². The fourth-order valence-corrected chi connectivity index (χ4v) is 3.52. The Labute approximate surface area is 124 Å². The maximum Gasteiger partial charge on any atom is 0.312 e. The van der Waals surface area contributed by atoms with Gasteiger partial charge in [-0.05, 0) is 25.5 Å². The first-order valence-corrected chi connectivity index (χ1v) is 8.33. The fraction of sp³-hybridized carbons (Fsp3) is 0.538. The smallest absolute Gasteiger partial charge is 0.312 e. The van der Waals surface area contributed by atoms with Gasteiger partial charge in [-0.1, -0.05) is 32.3 Å². The summed E-state index contributed by atoms with van der Waals surface area (Å²) in [6.45, 7) is 3.80. The van der Waals surface area contributed by atoms with Crippen LogP contribution >= 0.6 is 0 Å². The van der Waals surface area contributed by atoms with Gasteiger partial charge >= 0.3 is 5.69 Å². The summed E-state index contributed by atoms with van der Waals surface area (Å²) in [5.41, 5.74) is 4.77. The van der Waals surface area contributed by atoms with Gasteiger partial charge < -0.3 is 5.73 Å². The van der Waals surface area contributed by atoms with E-state index in [4.69, 9.17) is 5.73 Å². The molecule has 0 aliphatic rings. The molecular weight excluding hydrogens is 294 g/mol. The van der Waals surface area contributed by atoms with Crippen LogP contribution < -0.4 is 10.5 Å². The number of anilines is 1.